The standard InChI is InChI=1S/C25H28N4O/c1-27-13-11-22(23(17-27)19-15-26-28(2)16-19)25(30)29-14-12-21-20(9-6-10-24(21)29)18-7-4-3-5-8-18/h3-10,15-16,22-23H,11-14,17H2,1-2H3. The van der Waals surface area contributed by atoms with E-state index >= 15 is 0 Å². The average molecular weight is 401 g/mol. The Kier molecular flexibility index (Phi) is 4.91. The van der Waals surface area contributed by atoms with Crippen LogP contribution in [-0.2, 0) is 18.3 Å². The molecule has 1 aromatic heterocycles. The molecule has 3 aromatic rings. The molecule has 0 aliphatic carbocycles. The van der Waals surface area contributed by atoms with Crippen LogP contribution in [0.2, 0.25) is 0 Å². The van der Waals surface area contributed by atoms with Crippen LogP contribution in [0.15, 0.2) is 60.9 Å². The number of fused-ring (bicyclic) bond motifs is 1. The second-order valence-electron chi connectivity index (χ2n) is 8.62. The number of aromatic nitrogens is 2. The fourth-order valence-electron chi connectivity index (χ4n) is 5.13. The minimum atomic E-state index is -0.00303. The number of likely N-dealkylation sites (tertiary alicyclic amines) is 1. The van der Waals surface area contributed by atoms with Gasteiger partial charge >= 0.3 is 0 Å². The summed E-state index contributed by atoms with van der Waals surface area (Å²) < 4.78 is 1.84. The van der Waals surface area contributed by atoms with Crippen LogP contribution >= 0.6 is 0 Å². The van der Waals surface area contributed by atoms with Crippen LogP contribution in [0, 0.1) is 5.92 Å². The number of anilines is 1. The lowest BCUT2D eigenvalue weighted by Crippen LogP contribution is -2.45. The van der Waals surface area contributed by atoms with Gasteiger partial charge in [0.05, 0.1) is 6.20 Å². The predicted molar refractivity (Wildman–Crippen MR) is 119 cm³/mol. The molecule has 154 valence electrons. The summed E-state index contributed by atoms with van der Waals surface area (Å²) in [6, 6.07) is 16.9. The smallest absolute Gasteiger partial charge is 0.230 e. The van der Waals surface area contributed by atoms with Crippen molar-refractivity contribution in [2.24, 2.45) is 13.0 Å². The fraction of sp³-hybridized carbons (Fsp3) is 0.360. The first-order valence-electron chi connectivity index (χ1n) is 10.8. The second-order valence-corrected chi connectivity index (χ2v) is 8.62. The number of nitrogens with zero attached hydrogens (tertiary/aromatic N) is 4. The Morgan fingerprint density at radius 2 is 1.87 bits per heavy atom. The van der Waals surface area contributed by atoms with Gasteiger partial charge in [-0.3, -0.25) is 9.48 Å². The zero-order valence-electron chi connectivity index (χ0n) is 17.7. The first kappa shape index (κ1) is 19.1. The van der Waals surface area contributed by atoms with E-state index in [-0.39, 0.29) is 17.7 Å². The molecule has 0 bridgehead atoms. The number of rotatable bonds is 3. The number of likely N-dealkylation sites (N-methyl/N-ethyl adjacent to an activating group) is 1. The van der Waals surface area contributed by atoms with Crippen molar-refractivity contribution in [3.63, 3.8) is 0 Å². The van der Waals surface area contributed by atoms with Crippen LogP contribution in [0.3, 0.4) is 0 Å². The maximum absolute atomic E-state index is 13.8. The molecule has 5 rings (SSSR count). The van der Waals surface area contributed by atoms with Crippen LogP contribution in [0.1, 0.15) is 23.5 Å². The lowest BCUT2D eigenvalue weighted by molar-refractivity contribution is -0.124. The van der Waals surface area contributed by atoms with Crippen molar-refractivity contribution < 1.29 is 4.79 Å². The molecule has 3 heterocycles. The molecule has 5 nitrogen and oxygen atoms in total. The number of amides is 1. The molecule has 5 heteroatoms. The highest BCUT2D eigenvalue weighted by molar-refractivity contribution is 5.99. The van der Waals surface area contributed by atoms with Gasteiger partial charge in [0.25, 0.3) is 0 Å². The number of aryl methyl sites for hydroxylation is 1. The van der Waals surface area contributed by atoms with Gasteiger partial charge in [-0.25, -0.2) is 0 Å². The molecular weight excluding hydrogens is 372 g/mol. The normalized spacial score (nSPS) is 21.6. The van der Waals surface area contributed by atoms with Crippen molar-refractivity contribution >= 4 is 11.6 Å². The third-order valence-corrected chi connectivity index (χ3v) is 6.66. The molecule has 0 N–H and O–H groups in total. The van der Waals surface area contributed by atoms with E-state index in [9.17, 15) is 4.79 Å². The lowest BCUT2D eigenvalue weighted by atomic mass is 9.81. The molecule has 1 fully saturated rings. The largest absolute Gasteiger partial charge is 0.312 e. The highest BCUT2D eigenvalue weighted by atomic mass is 16.2. The van der Waals surface area contributed by atoms with E-state index in [1.54, 1.807) is 0 Å². The number of hydrogen-bond donors (Lipinski definition) is 0. The second kappa shape index (κ2) is 7.73. The fourth-order valence-corrected chi connectivity index (χ4v) is 5.13. The third-order valence-electron chi connectivity index (χ3n) is 6.66. The molecule has 0 saturated carbocycles. The zero-order valence-corrected chi connectivity index (χ0v) is 17.7. The molecule has 1 amide bonds. The molecular formula is C25H28N4O. The van der Waals surface area contributed by atoms with E-state index in [0.717, 1.165) is 38.2 Å². The van der Waals surface area contributed by atoms with E-state index in [4.69, 9.17) is 0 Å². The van der Waals surface area contributed by atoms with Crippen LogP contribution in [0.25, 0.3) is 11.1 Å². The number of benzene rings is 2. The Balaban J connectivity index is 1.47. The Labute approximate surface area is 177 Å². The highest BCUT2D eigenvalue weighted by Crippen LogP contribution is 2.40. The molecule has 0 spiro atoms. The number of carbonyl (C=O) groups excluding carboxylic acids is 1. The summed E-state index contributed by atoms with van der Waals surface area (Å²) in [6.07, 6.45) is 5.79. The van der Waals surface area contributed by atoms with Crippen LogP contribution < -0.4 is 4.90 Å². The van der Waals surface area contributed by atoms with Crippen LogP contribution in [0.4, 0.5) is 5.69 Å². The van der Waals surface area contributed by atoms with Crippen LogP contribution in [0.5, 0.6) is 0 Å². The summed E-state index contributed by atoms with van der Waals surface area (Å²) in [5, 5.41) is 4.36. The highest BCUT2D eigenvalue weighted by Gasteiger charge is 2.39. The van der Waals surface area contributed by atoms with Gasteiger partial charge in [-0.05, 0) is 54.8 Å². The van der Waals surface area contributed by atoms with Gasteiger partial charge in [0.15, 0.2) is 0 Å². The molecule has 1 saturated heterocycles. The molecule has 2 aliphatic heterocycles. The minimum absolute atomic E-state index is 0.00303. The summed E-state index contributed by atoms with van der Waals surface area (Å²) in [5.74, 6) is 0.448. The lowest BCUT2D eigenvalue weighted by Gasteiger charge is -2.37. The summed E-state index contributed by atoms with van der Waals surface area (Å²) in [7, 11) is 4.08. The molecule has 2 unspecified atom stereocenters. The van der Waals surface area contributed by atoms with Crippen molar-refractivity contribution in [1.82, 2.24) is 14.7 Å². The molecule has 30 heavy (non-hydrogen) atoms. The van der Waals surface area contributed by atoms with Gasteiger partial charge in [0.2, 0.25) is 5.91 Å². The molecule has 2 atom stereocenters. The Bertz CT molecular complexity index is 1060. The monoisotopic (exact) mass is 400 g/mol. The number of hydrogen-bond acceptors (Lipinski definition) is 3. The van der Waals surface area contributed by atoms with Crippen molar-refractivity contribution in [3.8, 4) is 11.1 Å². The Hall–Kier alpha value is -2.92. The predicted octanol–water partition coefficient (Wildman–Crippen LogP) is 3.71. The molecule has 2 aliphatic rings. The van der Waals surface area contributed by atoms with Gasteiger partial charge < -0.3 is 9.80 Å². The zero-order chi connectivity index (χ0) is 20.7. The van der Waals surface area contributed by atoms with Gasteiger partial charge in [0, 0.05) is 43.9 Å². The van der Waals surface area contributed by atoms with Crippen molar-refractivity contribution in [2.45, 2.75) is 18.8 Å². The van der Waals surface area contributed by atoms with Gasteiger partial charge in [-0.1, -0.05) is 42.5 Å². The van der Waals surface area contributed by atoms with Crippen molar-refractivity contribution in [1.29, 1.82) is 0 Å². The first-order chi connectivity index (χ1) is 14.6. The number of carbonyl (C=O) groups is 1. The Morgan fingerprint density at radius 1 is 1.03 bits per heavy atom. The molecule has 2 aromatic carbocycles. The first-order valence-corrected chi connectivity index (χ1v) is 10.8. The van der Waals surface area contributed by atoms with Gasteiger partial charge in [-0.2, -0.15) is 5.10 Å². The summed E-state index contributed by atoms with van der Waals surface area (Å²) in [6.45, 7) is 2.62. The quantitative estimate of drug-likeness (QED) is 0.673. The van der Waals surface area contributed by atoms with E-state index in [2.05, 4.69) is 65.7 Å². The van der Waals surface area contributed by atoms with Crippen LogP contribution in [-0.4, -0.2) is 47.3 Å². The Morgan fingerprint density at radius 3 is 2.63 bits per heavy atom. The third kappa shape index (κ3) is 3.33. The van der Waals surface area contributed by atoms with Crippen molar-refractivity contribution in [3.05, 3.63) is 72.1 Å². The maximum atomic E-state index is 13.8. The van der Waals surface area contributed by atoms with E-state index < -0.39 is 0 Å². The van der Waals surface area contributed by atoms with Crippen molar-refractivity contribution in [2.75, 3.05) is 31.6 Å². The summed E-state index contributed by atoms with van der Waals surface area (Å²) in [5.41, 5.74) is 6.01. The average Bonchev–Trinajstić information content (AvgIpc) is 3.40. The molecule has 0 radical (unpaired) electrons. The SMILES string of the molecule is CN1CCC(C(=O)N2CCc3c(-c4ccccc4)cccc32)C(c2cnn(C)c2)C1. The van der Waals surface area contributed by atoms with E-state index in [1.165, 1.54) is 22.3 Å². The summed E-state index contributed by atoms with van der Waals surface area (Å²) >= 11 is 0. The van der Waals surface area contributed by atoms with E-state index in [1.807, 2.05) is 28.9 Å². The van der Waals surface area contributed by atoms with E-state index in [0.29, 0.717) is 0 Å². The van der Waals surface area contributed by atoms with Gasteiger partial charge in [0.1, 0.15) is 0 Å². The maximum Gasteiger partial charge on any atom is 0.230 e. The minimum Gasteiger partial charge on any atom is -0.312 e. The summed E-state index contributed by atoms with van der Waals surface area (Å²) in [4.78, 5) is 18.2. The number of piperidine rings is 1. The van der Waals surface area contributed by atoms with Gasteiger partial charge in [-0.15, -0.1) is 0 Å². The topological polar surface area (TPSA) is 41.4 Å².